The highest BCUT2D eigenvalue weighted by Crippen LogP contribution is 2.30. The molecule has 0 aliphatic heterocycles. The van der Waals surface area contributed by atoms with E-state index in [0.717, 1.165) is 41.8 Å². The van der Waals surface area contributed by atoms with Crippen LogP contribution in [0.1, 0.15) is 36.6 Å². The van der Waals surface area contributed by atoms with E-state index in [9.17, 15) is 9.59 Å². The van der Waals surface area contributed by atoms with Crippen LogP contribution in [0.3, 0.4) is 0 Å². The molecule has 128 valence electrons. The zero-order valence-electron chi connectivity index (χ0n) is 14.1. The molecule has 0 bridgehead atoms. The molecule has 1 amide bonds. The molecule has 0 saturated heterocycles. The van der Waals surface area contributed by atoms with E-state index in [1.807, 2.05) is 37.4 Å². The van der Waals surface area contributed by atoms with Crippen LogP contribution < -0.4 is 10.9 Å². The van der Waals surface area contributed by atoms with Crippen molar-refractivity contribution >= 4 is 17.2 Å². The summed E-state index contributed by atoms with van der Waals surface area (Å²) in [4.78, 5) is 28.6. The molecule has 1 aliphatic rings. The number of aryl methyl sites for hydroxylation is 1. The number of carbonyl (C=O) groups is 1. The van der Waals surface area contributed by atoms with Gasteiger partial charge in [0.25, 0.3) is 5.56 Å². The zero-order chi connectivity index (χ0) is 17.4. The molecule has 2 aromatic heterocycles. The van der Waals surface area contributed by atoms with Gasteiger partial charge in [-0.25, -0.2) is 9.50 Å². The molecule has 3 aromatic rings. The third-order valence-corrected chi connectivity index (χ3v) is 4.56. The second-order valence-corrected chi connectivity index (χ2v) is 6.53. The average molecular weight is 336 g/mol. The number of nitrogens with one attached hydrogen (secondary N) is 2. The van der Waals surface area contributed by atoms with Crippen LogP contribution in [0.2, 0.25) is 0 Å². The lowest BCUT2D eigenvalue weighted by Crippen LogP contribution is -2.16. The van der Waals surface area contributed by atoms with Crippen LogP contribution in [0.15, 0.2) is 41.3 Å². The Morgan fingerprint density at radius 3 is 2.76 bits per heavy atom. The summed E-state index contributed by atoms with van der Waals surface area (Å²) in [5.41, 5.74) is 4.22. The van der Waals surface area contributed by atoms with Gasteiger partial charge in [0.05, 0.1) is 5.69 Å². The van der Waals surface area contributed by atoms with Crippen molar-refractivity contribution in [1.29, 1.82) is 0 Å². The van der Waals surface area contributed by atoms with Crippen molar-refractivity contribution in [1.82, 2.24) is 14.6 Å². The Labute approximate surface area is 144 Å². The van der Waals surface area contributed by atoms with Gasteiger partial charge in [-0.1, -0.05) is 19.1 Å². The predicted molar refractivity (Wildman–Crippen MR) is 95.8 cm³/mol. The van der Waals surface area contributed by atoms with E-state index >= 15 is 0 Å². The minimum atomic E-state index is -0.104. The summed E-state index contributed by atoms with van der Waals surface area (Å²) in [5, 5.41) is 5.87. The number of aromatic amines is 1. The molecular formula is C19H20N4O2. The first-order chi connectivity index (χ1) is 12.1. The van der Waals surface area contributed by atoms with Crippen LogP contribution in [0.4, 0.5) is 5.69 Å². The SMILES string of the molecule is CCc1c[nH]n2c(=O)cc(Cc3ccc(NC(=O)C4CC4)cc3)nc12. The van der Waals surface area contributed by atoms with Gasteiger partial charge in [-0.2, -0.15) is 0 Å². The van der Waals surface area contributed by atoms with Crippen LogP contribution in [0.5, 0.6) is 0 Å². The summed E-state index contributed by atoms with van der Waals surface area (Å²) in [6.07, 6.45) is 5.21. The van der Waals surface area contributed by atoms with Gasteiger partial charge in [0.1, 0.15) is 0 Å². The van der Waals surface area contributed by atoms with Crippen molar-refractivity contribution in [3.8, 4) is 0 Å². The highest BCUT2D eigenvalue weighted by atomic mass is 16.2. The second kappa shape index (κ2) is 6.20. The normalized spacial score (nSPS) is 14.0. The number of anilines is 1. The van der Waals surface area contributed by atoms with Crippen molar-refractivity contribution in [2.45, 2.75) is 32.6 Å². The third-order valence-electron chi connectivity index (χ3n) is 4.56. The maximum atomic E-state index is 12.2. The van der Waals surface area contributed by atoms with Crippen LogP contribution in [-0.4, -0.2) is 20.5 Å². The Kier molecular flexibility index (Phi) is 3.87. The fourth-order valence-electron chi connectivity index (χ4n) is 2.93. The monoisotopic (exact) mass is 336 g/mol. The van der Waals surface area contributed by atoms with Crippen LogP contribution >= 0.6 is 0 Å². The molecule has 2 N–H and O–H groups in total. The van der Waals surface area contributed by atoms with Crippen molar-refractivity contribution in [2.24, 2.45) is 5.92 Å². The Balaban J connectivity index is 1.54. The first kappa shape index (κ1) is 15.6. The van der Waals surface area contributed by atoms with E-state index in [-0.39, 0.29) is 17.4 Å². The first-order valence-electron chi connectivity index (χ1n) is 8.63. The van der Waals surface area contributed by atoms with E-state index in [0.29, 0.717) is 12.1 Å². The van der Waals surface area contributed by atoms with Gasteiger partial charge in [0.2, 0.25) is 5.91 Å². The molecule has 1 saturated carbocycles. The molecule has 1 aromatic carbocycles. The molecule has 6 nitrogen and oxygen atoms in total. The molecule has 0 atom stereocenters. The van der Waals surface area contributed by atoms with Crippen molar-refractivity contribution in [3.63, 3.8) is 0 Å². The van der Waals surface area contributed by atoms with E-state index in [4.69, 9.17) is 0 Å². The summed E-state index contributed by atoms with van der Waals surface area (Å²) >= 11 is 0. The van der Waals surface area contributed by atoms with Gasteiger partial charge in [0.15, 0.2) is 5.65 Å². The maximum Gasteiger partial charge on any atom is 0.272 e. The lowest BCUT2D eigenvalue weighted by Gasteiger charge is -2.06. The predicted octanol–water partition coefficient (Wildman–Crippen LogP) is 2.52. The van der Waals surface area contributed by atoms with Gasteiger partial charge in [-0.15, -0.1) is 0 Å². The minimum Gasteiger partial charge on any atom is -0.326 e. The zero-order valence-corrected chi connectivity index (χ0v) is 14.1. The number of rotatable bonds is 5. The van der Waals surface area contributed by atoms with Gasteiger partial charge in [-0.3, -0.25) is 14.7 Å². The van der Waals surface area contributed by atoms with Crippen LogP contribution in [0.25, 0.3) is 5.65 Å². The summed E-state index contributed by atoms with van der Waals surface area (Å²) in [6, 6.07) is 9.28. The van der Waals surface area contributed by atoms with E-state index in [1.54, 1.807) is 6.07 Å². The van der Waals surface area contributed by atoms with Crippen LogP contribution in [0, 0.1) is 5.92 Å². The van der Waals surface area contributed by atoms with E-state index < -0.39 is 0 Å². The Morgan fingerprint density at radius 2 is 2.08 bits per heavy atom. The summed E-state index contributed by atoms with van der Waals surface area (Å²) < 4.78 is 1.47. The number of carbonyl (C=O) groups excluding carboxylic acids is 1. The topological polar surface area (TPSA) is 79.3 Å². The summed E-state index contributed by atoms with van der Waals surface area (Å²) in [7, 11) is 0. The van der Waals surface area contributed by atoms with Crippen LogP contribution in [-0.2, 0) is 17.6 Å². The lowest BCUT2D eigenvalue weighted by molar-refractivity contribution is -0.117. The standard InChI is InChI=1S/C19H20N4O2/c1-2-13-11-20-23-17(24)10-16(21-18(13)23)9-12-3-7-15(8-4-12)22-19(25)14-5-6-14/h3-4,7-8,10-11,14,20H,2,5-6,9H2,1H3,(H,22,25). The fraction of sp³-hybridized carbons (Fsp3) is 0.316. The number of amides is 1. The number of hydrogen-bond acceptors (Lipinski definition) is 3. The first-order valence-corrected chi connectivity index (χ1v) is 8.63. The largest absolute Gasteiger partial charge is 0.326 e. The molecule has 1 aliphatic carbocycles. The highest BCUT2D eigenvalue weighted by Gasteiger charge is 2.29. The van der Waals surface area contributed by atoms with Gasteiger partial charge < -0.3 is 5.32 Å². The Hall–Kier alpha value is -2.89. The van der Waals surface area contributed by atoms with Gasteiger partial charge in [-0.05, 0) is 37.0 Å². The number of aromatic nitrogens is 3. The smallest absolute Gasteiger partial charge is 0.272 e. The summed E-state index contributed by atoms with van der Waals surface area (Å²) in [6.45, 7) is 2.04. The lowest BCUT2D eigenvalue weighted by atomic mass is 10.1. The maximum absolute atomic E-state index is 12.2. The highest BCUT2D eigenvalue weighted by molar-refractivity contribution is 5.94. The number of benzene rings is 1. The molecule has 1 fully saturated rings. The molecular weight excluding hydrogens is 316 g/mol. The molecule has 0 unspecified atom stereocenters. The summed E-state index contributed by atoms with van der Waals surface area (Å²) in [5.74, 6) is 0.296. The van der Waals surface area contributed by atoms with Crippen molar-refractivity contribution < 1.29 is 4.79 Å². The van der Waals surface area contributed by atoms with E-state index in [1.165, 1.54) is 4.52 Å². The number of nitrogens with zero attached hydrogens (tertiary/aromatic N) is 2. The molecule has 6 heteroatoms. The second-order valence-electron chi connectivity index (χ2n) is 6.53. The molecule has 25 heavy (non-hydrogen) atoms. The fourth-order valence-corrected chi connectivity index (χ4v) is 2.93. The molecule has 2 heterocycles. The van der Waals surface area contributed by atoms with Crippen molar-refractivity contribution in [2.75, 3.05) is 5.32 Å². The Morgan fingerprint density at radius 1 is 1.32 bits per heavy atom. The quantitative estimate of drug-likeness (QED) is 0.751. The number of hydrogen-bond donors (Lipinski definition) is 2. The van der Waals surface area contributed by atoms with E-state index in [2.05, 4.69) is 15.4 Å². The molecule has 0 radical (unpaired) electrons. The number of H-pyrrole nitrogens is 1. The Bertz CT molecular complexity index is 981. The van der Waals surface area contributed by atoms with Crippen molar-refractivity contribution in [3.05, 3.63) is 63.7 Å². The number of fused-ring (bicyclic) bond motifs is 1. The average Bonchev–Trinajstić information content (AvgIpc) is 3.37. The van der Waals surface area contributed by atoms with Gasteiger partial charge in [0, 0.05) is 35.9 Å². The molecule has 0 spiro atoms. The van der Waals surface area contributed by atoms with Gasteiger partial charge >= 0.3 is 0 Å². The molecule has 4 rings (SSSR count). The third kappa shape index (κ3) is 3.20. The minimum absolute atomic E-state index is 0.104.